The lowest BCUT2D eigenvalue weighted by Gasteiger charge is -2.03. The predicted octanol–water partition coefficient (Wildman–Crippen LogP) is 3.73. The van der Waals surface area contributed by atoms with Crippen LogP contribution in [0.25, 0.3) is 11.4 Å². The summed E-state index contributed by atoms with van der Waals surface area (Å²) in [5, 5.41) is 0.107. The molecule has 2 nitrogen and oxygen atoms in total. The van der Waals surface area contributed by atoms with Crippen molar-refractivity contribution >= 4 is 23.2 Å². The molecule has 0 spiro atoms. The molecule has 0 saturated heterocycles. The highest BCUT2D eigenvalue weighted by atomic mass is 35.5. The van der Waals surface area contributed by atoms with Gasteiger partial charge in [-0.3, -0.25) is 0 Å². The fourth-order valence-electron chi connectivity index (χ4n) is 1.17. The van der Waals surface area contributed by atoms with E-state index in [1.165, 1.54) is 12.1 Å². The maximum Gasteiger partial charge on any atom is 0.151 e. The number of hydrogen-bond donors (Lipinski definition) is 0. The largest absolute Gasteiger partial charge is 0.231 e. The second-order valence-electron chi connectivity index (χ2n) is 2.93. The van der Waals surface area contributed by atoms with Gasteiger partial charge in [-0.2, -0.15) is 0 Å². The van der Waals surface area contributed by atoms with Crippen LogP contribution in [0, 0.1) is 11.6 Å². The van der Waals surface area contributed by atoms with Gasteiger partial charge in [-0.05, 0) is 24.3 Å². The molecule has 6 heteroatoms. The van der Waals surface area contributed by atoms with Gasteiger partial charge in [0, 0.05) is 0 Å². The van der Waals surface area contributed by atoms with Gasteiger partial charge in [0.05, 0.1) is 0 Å². The fraction of sp³-hybridized carbons (Fsp3) is 0. The van der Waals surface area contributed by atoms with Crippen LogP contribution in [0.4, 0.5) is 8.78 Å². The minimum absolute atomic E-state index is 0.0533. The number of rotatable bonds is 1. The van der Waals surface area contributed by atoms with E-state index < -0.39 is 11.6 Å². The minimum Gasteiger partial charge on any atom is -0.231 e. The maximum atomic E-state index is 13.4. The molecule has 82 valence electrons. The van der Waals surface area contributed by atoms with Crippen molar-refractivity contribution in [2.45, 2.75) is 0 Å². The van der Waals surface area contributed by atoms with E-state index in [-0.39, 0.29) is 21.7 Å². The quantitative estimate of drug-likeness (QED) is 0.731. The van der Waals surface area contributed by atoms with Crippen molar-refractivity contribution in [3.05, 3.63) is 46.2 Å². The molecule has 0 fully saturated rings. The first-order chi connectivity index (χ1) is 7.58. The van der Waals surface area contributed by atoms with E-state index in [0.29, 0.717) is 0 Å². The highest BCUT2D eigenvalue weighted by Crippen LogP contribution is 2.24. The van der Waals surface area contributed by atoms with Gasteiger partial charge in [-0.25, -0.2) is 18.7 Å². The zero-order valence-corrected chi connectivity index (χ0v) is 9.23. The molecule has 0 aliphatic rings. The van der Waals surface area contributed by atoms with Crippen LogP contribution in [0.15, 0.2) is 24.3 Å². The number of nitrogens with zero attached hydrogens (tertiary/aromatic N) is 2. The van der Waals surface area contributed by atoms with Crippen molar-refractivity contribution < 1.29 is 8.78 Å². The summed E-state index contributed by atoms with van der Waals surface area (Å²) in [5.41, 5.74) is -0.514. The lowest BCUT2D eigenvalue weighted by Crippen LogP contribution is -1.96. The van der Waals surface area contributed by atoms with Crippen LogP contribution in [-0.2, 0) is 0 Å². The minimum atomic E-state index is -0.710. The average Bonchev–Trinajstić information content (AvgIpc) is 2.25. The van der Waals surface area contributed by atoms with Crippen LogP contribution in [0.3, 0.4) is 0 Å². The van der Waals surface area contributed by atoms with E-state index in [1.54, 1.807) is 0 Å². The van der Waals surface area contributed by atoms with Crippen molar-refractivity contribution in [3.8, 4) is 11.4 Å². The summed E-state index contributed by atoms with van der Waals surface area (Å²) in [4.78, 5) is 7.35. The number of aromatic nitrogens is 2. The third-order valence-corrected chi connectivity index (χ3v) is 2.27. The molecule has 0 aliphatic carbocycles. The predicted molar refractivity (Wildman–Crippen MR) is 57.4 cm³/mol. The molecule has 0 bridgehead atoms. The Labute approximate surface area is 99.9 Å². The molecule has 0 aliphatic heterocycles. The van der Waals surface area contributed by atoms with Gasteiger partial charge >= 0.3 is 0 Å². The van der Waals surface area contributed by atoms with Crippen molar-refractivity contribution in [3.63, 3.8) is 0 Å². The summed E-state index contributed by atoms with van der Waals surface area (Å²) in [6.45, 7) is 0. The zero-order valence-electron chi connectivity index (χ0n) is 7.72. The molecule has 2 heterocycles. The van der Waals surface area contributed by atoms with Crippen molar-refractivity contribution in [2.24, 2.45) is 0 Å². The second-order valence-corrected chi connectivity index (χ2v) is 3.70. The molecule has 0 saturated carbocycles. The van der Waals surface area contributed by atoms with Gasteiger partial charge in [0.15, 0.2) is 11.6 Å². The highest BCUT2D eigenvalue weighted by molar-refractivity contribution is 6.29. The normalized spacial score (nSPS) is 10.5. The standard InChI is InChI=1S/C10H4Cl2F2N2/c11-7-3-1-5(13)9(15-7)10-6(14)2-4-8(12)16-10/h1-4H. The summed E-state index contributed by atoms with van der Waals surface area (Å²) in [6.07, 6.45) is 0. The fourth-order valence-corrected chi connectivity index (χ4v) is 1.46. The molecule has 0 radical (unpaired) electrons. The summed E-state index contributed by atoms with van der Waals surface area (Å²) >= 11 is 11.2. The zero-order chi connectivity index (χ0) is 11.7. The van der Waals surface area contributed by atoms with E-state index in [1.807, 2.05) is 0 Å². The summed E-state index contributed by atoms with van der Waals surface area (Å²) in [7, 11) is 0. The van der Waals surface area contributed by atoms with Crippen LogP contribution in [0.2, 0.25) is 10.3 Å². The Morgan fingerprint density at radius 2 is 1.12 bits per heavy atom. The number of halogens is 4. The van der Waals surface area contributed by atoms with Crippen LogP contribution >= 0.6 is 23.2 Å². The van der Waals surface area contributed by atoms with Crippen LogP contribution in [0.5, 0.6) is 0 Å². The maximum absolute atomic E-state index is 13.4. The molecular weight excluding hydrogens is 257 g/mol. The molecule has 0 unspecified atom stereocenters. The van der Waals surface area contributed by atoms with E-state index in [0.717, 1.165) is 12.1 Å². The molecule has 0 amide bonds. The SMILES string of the molecule is Fc1ccc(Cl)nc1-c1nc(Cl)ccc1F. The van der Waals surface area contributed by atoms with Gasteiger partial charge in [0.25, 0.3) is 0 Å². The number of hydrogen-bond acceptors (Lipinski definition) is 2. The first-order valence-electron chi connectivity index (χ1n) is 4.22. The average molecular weight is 261 g/mol. The molecule has 0 aromatic carbocycles. The van der Waals surface area contributed by atoms with Crippen LogP contribution < -0.4 is 0 Å². The smallest absolute Gasteiger partial charge is 0.151 e. The van der Waals surface area contributed by atoms with Gasteiger partial charge in [0.1, 0.15) is 21.7 Å². The molecule has 2 aromatic rings. The highest BCUT2D eigenvalue weighted by Gasteiger charge is 2.14. The van der Waals surface area contributed by atoms with Crippen molar-refractivity contribution in [2.75, 3.05) is 0 Å². The number of pyridine rings is 2. The topological polar surface area (TPSA) is 25.8 Å². The van der Waals surface area contributed by atoms with Crippen LogP contribution in [0.1, 0.15) is 0 Å². The van der Waals surface area contributed by atoms with Gasteiger partial charge < -0.3 is 0 Å². The van der Waals surface area contributed by atoms with Gasteiger partial charge in [0.2, 0.25) is 0 Å². The molecule has 0 atom stereocenters. The van der Waals surface area contributed by atoms with Gasteiger partial charge in [-0.15, -0.1) is 0 Å². The molecule has 0 N–H and O–H groups in total. The molecular formula is C10H4Cl2F2N2. The molecule has 2 aromatic heterocycles. The summed E-state index contributed by atoms with van der Waals surface area (Å²) < 4.78 is 26.8. The Kier molecular flexibility index (Phi) is 3.03. The lowest BCUT2D eigenvalue weighted by atomic mass is 10.2. The second kappa shape index (κ2) is 4.31. The van der Waals surface area contributed by atoms with Crippen LogP contribution in [-0.4, -0.2) is 9.97 Å². The first-order valence-corrected chi connectivity index (χ1v) is 4.98. The van der Waals surface area contributed by atoms with E-state index in [4.69, 9.17) is 23.2 Å². The third kappa shape index (κ3) is 2.13. The Balaban J connectivity index is 2.66. The summed E-state index contributed by atoms with van der Waals surface area (Å²) in [5.74, 6) is -1.42. The Hall–Kier alpha value is -1.26. The Bertz CT molecular complexity index is 497. The Morgan fingerprint density at radius 1 is 0.750 bits per heavy atom. The van der Waals surface area contributed by atoms with Gasteiger partial charge in [-0.1, -0.05) is 23.2 Å². The lowest BCUT2D eigenvalue weighted by molar-refractivity contribution is 0.607. The summed E-state index contributed by atoms with van der Waals surface area (Å²) in [6, 6.07) is 4.71. The monoisotopic (exact) mass is 260 g/mol. The van der Waals surface area contributed by atoms with Crippen molar-refractivity contribution in [1.29, 1.82) is 0 Å². The van der Waals surface area contributed by atoms with E-state index in [2.05, 4.69) is 9.97 Å². The third-order valence-electron chi connectivity index (χ3n) is 1.85. The molecule has 16 heavy (non-hydrogen) atoms. The van der Waals surface area contributed by atoms with Crippen molar-refractivity contribution in [1.82, 2.24) is 9.97 Å². The molecule has 2 rings (SSSR count). The van der Waals surface area contributed by atoms with E-state index >= 15 is 0 Å². The first kappa shape index (κ1) is 11.2. The Morgan fingerprint density at radius 3 is 1.50 bits per heavy atom. The van der Waals surface area contributed by atoms with E-state index in [9.17, 15) is 8.78 Å².